The number of piperidine rings is 1. The minimum atomic E-state index is 0.665. The van der Waals surface area contributed by atoms with E-state index in [0.717, 1.165) is 17.6 Å². The molecular weight excluding hydrogens is 280 g/mol. The summed E-state index contributed by atoms with van der Waals surface area (Å²) in [6.07, 6.45) is 4.16. The van der Waals surface area contributed by atoms with Gasteiger partial charge >= 0.3 is 0 Å². The van der Waals surface area contributed by atoms with Crippen molar-refractivity contribution in [2.24, 2.45) is 5.92 Å². The van der Waals surface area contributed by atoms with Crippen LogP contribution in [-0.4, -0.2) is 41.5 Å². The first-order chi connectivity index (χ1) is 10.1. The highest BCUT2D eigenvalue weighted by atomic mass is 35.5. The summed E-state index contributed by atoms with van der Waals surface area (Å²) in [5.41, 5.74) is 1.34. The number of fused-ring (bicyclic) bond motifs is 1. The van der Waals surface area contributed by atoms with Gasteiger partial charge in [-0.1, -0.05) is 44.0 Å². The molecule has 3 rings (SSSR count). The van der Waals surface area contributed by atoms with Gasteiger partial charge in [-0.05, 0) is 43.0 Å². The minimum Gasteiger partial charge on any atom is -0.298 e. The van der Waals surface area contributed by atoms with Crippen molar-refractivity contribution >= 4 is 11.6 Å². The molecule has 0 saturated carbocycles. The van der Waals surface area contributed by atoms with E-state index in [-0.39, 0.29) is 0 Å². The molecule has 1 aromatic carbocycles. The van der Waals surface area contributed by atoms with Crippen molar-refractivity contribution in [3.8, 4) is 0 Å². The fourth-order valence-corrected chi connectivity index (χ4v) is 4.17. The predicted molar refractivity (Wildman–Crippen MR) is 89.7 cm³/mol. The van der Waals surface area contributed by atoms with Crippen molar-refractivity contribution < 1.29 is 0 Å². The Hall–Kier alpha value is -0.570. The van der Waals surface area contributed by atoms with Crippen LogP contribution in [0.5, 0.6) is 0 Å². The molecule has 1 aromatic rings. The predicted octanol–water partition coefficient (Wildman–Crippen LogP) is 4.03. The zero-order valence-electron chi connectivity index (χ0n) is 13.3. The molecule has 2 saturated heterocycles. The van der Waals surface area contributed by atoms with Gasteiger partial charge in [0.25, 0.3) is 0 Å². The Labute approximate surface area is 134 Å². The molecule has 2 nitrogen and oxygen atoms in total. The van der Waals surface area contributed by atoms with E-state index in [4.69, 9.17) is 11.6 Å². The molecule has 0 aliphatic carbocycles. The molecule has 0 spiro atoms. The molecule has 2 aliphatic rings. The van der Waals surface area contributed by atoms with Gasteiger partial charge < -0.3 is 0 Å². The van der Waals surface area contributed by atoms with Crippen molar-refractivity contribution in [3.05, 3.63) is 34.9 Å². The Morgan fingerprint density at radius 1 is 1.24 bits per heavy atom. The molecular formula is C18H27ClN2. The van der Waals surface area contributed by atoms with Crippen LogP contribution in [0.2, 0.25) is 5.02 Å². The minimum absolute atomic E-state index is 0.665. The maximum absolute atomic E-state index is 6.15. The summed E-state index contributed by atoms with van der Waals surface area (Å²) in [4.78, 5) is 5.44. The molecule has 3 heteroatoms. The third-order valence-electron chi connectivity index (χ3n) is 5.13. The summed E-state index contributed by atoms with van der Waals surface area (Å²) in [6.45, 7) is 9.52. The third kappa shape index (κ3) is 3.61. The number of rotatable bonds is 3. The Kier molecular flexibility index (Phi) is 4.88. The van der Waals surface area contributed by atoms with Crippen LogP contribution in [0.15, 0.2) is 24.3 Å². The largest absolute Gasteiger partial charge is 0.298 e. The van der Waals surface area contributed by atoms with Gasteiger partial charge in [-0.25, -0.2) is 0 Å². The standard InChI is InChI=1S/C18H27ClN2/c1-14(2)18-13-20-9-4-3-8-17(20)12-21(18)11-15-6-5-7-16(19)10-15/h5-7,10,14,17-18H,3-4,8-9,11-13H2,1-2H3. The van der Waals surface area contributed by atoms with Gasteiger partial charge in [-0.3, -0.25) is 9.80 Å². The van der Waals surface area contributed by atoms with E-state index in [1.54, 1.807) is 0 Å². The van der Waals surface area contributed by atoms with Gasteiger partial charge in [0.05, 0.1) is 0 Å². The summed E-state index contributed by atoms with van der Waals surface area (Å²) in [5.74, 6) is 0.701. The van der Waals surface area contributed by atoms with Crippen LogP contribution < -0.4 is 0 Å². The average Bonchev–Trinajstić information content (AvgIpc) is 2.46. The second-order valence-electron chi connectivity index (χ2n) is 7.02. The SMILES string of the molecule is CC(C)C1CN2CCCCC2CN1Cc1cccc(Cl)c1. The molecule has 0 amide bonds. The van der Waals surface area contributed by atoms with Crippen LogP contribution in [0.4, 0.5) is 0 Å². The van der Waals surface area contributed by atoms with E-state index in [2.05, 4.69) is 41.8 Å². The summed E-state index contributed by atoms with van der Waals surface area (Å²) in [5, 5.41) is 0.852. The lowest BCUT2D eigenvalue weighted by molar-refractivity contribution is -0.0118. The molecule has 21 heavy (non-hydrogen) atoms. The molecule has 2 fully saturated rings. The van der Waals surface area contributed by atoms with Gasteiger partial charge in [0, 0.05) is 36.7 Å². The molecule has 0 N–H and O–H groups in total. The smallest absolute Gasteiger partial charge is 0.0409 e. The summed E-state index contributed by atoms with van der Waals surface area (Å²) in [6, 6.07) is 9.79. The molecule has 2 atom stereocenters. The topological polar surface area (TPSA) is 6.48 Å². The molecule has 2 heterocycles. The second kappa shape index (κ2) is 6.68. The normalized spacial score (nSPS) is 27.8. The van der Waals surface area contributed by atoms with Crippen molar-refractivity contribution in [3.63, 3.8) is 0 Å². The quantitative estimate of drug-likeness (QED) is 0.832. The first kappa shape index (κ1) is 15.3. The van der Waals surface area contributed by atoms with Crippen molar-refractivity contribution in [1.29, 1.82) is 0 Å². The van der Waals surface area contributed by atoms with E-state index in [1.807, 2.05) is 6.07 Å². The third-order valence-corrected chi connectivity index (χ3v) is 5.36. The molecule has 2 unspecified atom stereocenters. The van der Waals surface area contributed by atoms with Crippen LogP contribution in [-0.2, 0) is 6.54 Å². The zero-order chi connectivity index (χ0) is 14.8. The number of piperazine rings is 1. The Balaban J connectivity index is 1.74. The Morgan fingerprint density at radius 3 is 2.86 bits per heavy atom. The first-order valence-corrected chi connectivity index (χ1v) is 8.74. The molecule has 116 valence electrons. The van der Waals surface area contributed by atoms with E-state index in [1.165, 1.54) is 44.5 Å². The van der Waals surface area contributed by atoms with Crippen molar-refractivity contribution in [2.45, 2.75) is 51.7 Å². The molecule has 0 bridgehead atoms. The van der Waals surface area contributed by atoms with Gasteiger partial charge in [-0.2, -0.15) is 0 Å². The number of halogens is 1. The fraction of sp³-hybridized carbons (Fsp3) is 0.667. The highest BCUT2D eigenvalue weighted by Crippen LogP contribution is 2.28. The van der Waals surface area contributed by atoms with Gasteiger partial charge in [-0.15, -0.1) is 0 Å². The summed E-state index contributed by atoms with van der Waals surface area (Å²) in [7, 11) is 0. The van der Waals surface area contributed by atoms with Crippen LogP contribution >= 0.6 is 11.6 Å². The van der Waals surface area contributed by atoms with Gasteiger partial charge in [0.15, 0.2) is 0 Å². The zero-order valence-corrected chi connectivity index (χ0v) is 14.0. The second-order valence-corrected chi connectivity index (χ2v) is 7.45. The lowest BCUT2D eigenvalue weighted by Gasteiger charge is -2.50. The van der Waals surface area contributed by atoms with E-state index < -0.39 is 0 Å². The van der Waals surface area contributed by atoms with Crippen LogP contribution in [0.1, 0.15) is 38.7 Å². The first-order valence-electron chi connectivity index (χ1n) is 8.36. The Bertz CT molecular complexity index is 474. The van der Waals surface area contributed by atoms with Crippen molar-refractivity contribution in [1.82, 2.24) is 9.80 Å². The monoisotopic (exact) mass is 306 g/mol. The van der Waals surface area contributed by atoms with Gasteiger partial charge in [0.2, 0.25) is 0 Å². The number of hydrogen-bond acceptors (Lipinski definition) is 2. The summed E-state index contributed by atoms with van der Waals surface area (Å²) >= 11 is 6.15. The van der Waals surface area contributed by atoms with E-state index in [9.17, 15) is 0 Å². The number of benzene rings is 1. The summed E-state index contributed by atoms with van der Waals surface area (Å²) < 4.78 is 0. The van der Waals surface area contributed by atoms with E-state index in [0.29, 0.717) is 12.0 Å². The molecule has 0 radical (unpaired) electrons. The number of hydrogen-bond donors (Lipinski definition) is 0. The van der Waals surface area contributed by atoms with Crippen LogP contribution in [0.25, 0.3) is 0 Å². The fourth-order valence-electron chi connectivity index (χ4n) is 3.95. The molecule has 2 aliphatic heterocycles. The average molecular weight is 307 g/mol. The van der Waals surface area contributed by atoms with Crippen molar-refractivity contribution in [2.75, 3.05) is 19.6 Å². The van der Waals surface area contributed by atoms with Crippen LogP contribution in [0.3, 0.4) is 0 Å². The Morgan fingerprint density at radius 2 is 2.10 bits per heavy atom. The van der Waals surface area contributed by atoms with Crippen LogP contribution in [0, 0.1) is 5.92 Å². The van der Waals surface area contributed by atoms with E-state index >= 15 is 0 Å². The lowest BCUT2D eigenvalue weighted by atomic mass is 9.91. The number of nitrogens with zero attached hydrogens (tertiary/aromatic N) is 2. The maximum Gasteiger partial charge on any atom is 0.0409 e. The lowest BCUT2D eigenvalue weighted by Crippen LogP contribution is -2.60. The highest BCUT2D eigenvalue weighted by molar-refractivity contribution is 6.30. The molecule has 0 aromatic heterocycles. The van der Waals surface area contributed by atoms with Gasteiger partial charge in [0.1, 0.15) is 0 Å². The highest BCUT2D eigenvalue weighted by Gasteiger charge is 2.35. The maximum atomic E-state index is 6.15.